The summed E-state index contributed by atoms with van der Waals surface area (Å²) in [5.41, 5.74) is 1.67. The van der Waals surface area contributed by atoms with Gasteiger partial charge in [-0.3, -0.25) is 4.79 Å². The molecule has 3 aromatic carbocycles. The fraction of sp³-hybridized carbons (Fsp3) is 0.130. The summed E-state index contributed by atoms with van der Waals surface area (Å²) in [7, 11) is -3.88. The third kappa shape index (κ3) is 5.51. The van der Waals surface area contributed by atoms with Crippen LogP contribution in [0.5, 0.6) is 5.75 Å². The highest BCUT2D eigenvalue weighted by Crippen LogP contribution is 2.24. The normalized spacial score (nSPS) is 11.5. The van der Waals surface area contributed by atoms with E-state index < -0.39 is 15.9 Å². The monoisotopic (exact) mass is 485 g/mol. The van der Waals surface area contributed by atoms with Crippen molar-refractivity contribution in [3.63, 3.8) is 0 Å². The molecule has 0 aliphatic rings. The van der Waals surface area contributed by atoms with Crippen molar-refractivity contribution in [2.24, 2.45) is 0 Å². The van der Waals surface area contributed by atoms with Gasteiger partial charge in [-0.2, -0.15) is 0 Å². The molecule has 0 fully saturated rings. The first-order valence-electron chi connectivity index (χ1n) is 9.97. The predicted molar refractivity (Wildman–Crippen MR) is 125 cm³/mol. The maximum Gasteiger partial charge on any atom is 0.257 e. The standard InChI is InChI=1S/C23H20ClN3O5S/c1-15-26-21-10-7-16(13-22(21)32-15)27-23(28)19-14-18(8-9-20(19)24)33(29,30)25-11-12-31-17-5-3-2-4-6-17/h2-10,13-14,25H,11-12H2,1H3,(H,27,28). The molecule has 0 saturated carbocycles. The van der Waals surface area contributed by atoms with Crippen LogP contribution >= 0.6 is 11.6 Å². The average Bonchev–Trinajstić information content (AvgIpc) is 3.17. The average molecular weight is 486 g/mol. The molecule has 1 heterocycles. The number of nitrogens with zero attached hydrogens (tertiary/aromatic N) is 1. The number of fused-ring (bicyclic) bond motifs is 1. The summed E-state index contributed by atoms with van der Waals surface area (Å²) in [5, 5.41) is 2.82. The zero-order chi connectivity index (χ0) is 23.4. The molecule has 0 atom stereocenters. The number of halogens is 1. The van der Waals surface area contributed by atoms with Crippen LogP contribution in [-0.4, -0.2) is 32.5 Å². The van der Waals surface area contributed by atoms with Crippen molar-refractivity contribution in [2.45, 2.75) is 11.8 Å². The van der Waals surface area contributed by atoms with E-state index in [1.165, 1.54) is 18.2 Å². The van der Waals surface area contributed by atoms with Crippen LogP contribution in [0, 0.1) is 6.92 Å². The van der Waals surface area contributed by atoms with Crippen molar-refractivity contribution in [3.8, 4) is 5.75 Å². The van der Waals surface area contributed by atoms with Crippen molar-refractivity contribution in [1.29, 1.82) is 0 Å². The van der Waals surface area contributed by atoms with Crippen LogP contribution in [0.2, 0.25) is 5.02 Å². The Bertz CT molecular complexity index is 1400. The number of aromatic nitrogens is 1. The highest BCUT2D eigenvalue weighted by atomic mass is 35.5. The lowest BCUT2D eigenvalue weighted by Crippen LogP contribution is -2.28. The number of benzene rings is 3. The van der Waals surface area contributed by atoms with Crippen LogP contribution in [-0.2, 0) is 10.0 Å². The van der Waals surface area contributed by atoms with Crippen molar-refractivity contribution >= 4 is 44.3 Å². The Balaban J connectivity index is 1.44. The summed E-state index contributed by atoms with van der Waals surface area (Å²) < 4.78 is 38.8. The molecular weight excluding hydrogens is 466 g/mol. The molecule has 33 heavy (non-hydrogen) atoms. The lowest BCUT2D eigenvalue weighted by atomic mass is 10.2. The maximum absolute atomic E-state index is 12.8. The van der Waals surface area contributed by atoms with Gasteiger partial charge < -0.3 is 14.5 Å². The van der Waals surface area contributed by atoms with Crippen LogP contribution in [0.25, 0.3) is 11.1 Å². The fourth-order valence-electron chi connectivity index (χ4n) is 3.11. The number of carbonyl (C=O) groups is 1. The molecule has 0 spiro atoms. The van der Waals surface area contributed by atoms with Gasteiger partial charge in [0.2, 0.25) is 10.0 Å². The van der Waals surface area contributed by atoms with Gasteiger partial charge in [0.05, 0.1) is 15.5 Å². The van der Waals surface area contributed by atoms with Gasteiger partial charge in [0.25, 0.3) is 5.91 Å². The summed E-state index contributed by atoms with van der Waals surface area (Å²) in [4.78, 5) is 16.9. The second-order valence-electron chi connectivity index (χ2n) is 7.07. The van der Waals surface area contributed by atoms with Gasteiger partial charge in [0.1, 0.15) is 17.9 Å². The van der Waals surface area contributed by atoms with Gasteiger partial charge >= 0.3 is 0 Å². The summed E-state index contributed by atoms with van der Waals surface area (Å²) in [5.74, 6) is 0.594. The first-order valence-corrected chi connectivity index (χ1v) is 11.8. The number of ether oxygens (including phenoxy) is 1. The smallest absolute Gasteiger partial charge is 0.257 e. The SMILES string of the molecule is Cc1nc2ccc(NC(=O)c3cc(S(=O)(=O)NCCOc4ccccc4)ccc3Cl)cc2o1. The molecule has 0 saturated heterocycles. The van der Waals surface area contributed by atoms with E-state index in [0.29, 0.717) is 28.4 Å². The molecule has 170 valence electrons. The summed E-state index contributed by atoms with van der Waals surface area (Å²) in [6.45, 7) is 1.93. The number of nitrogens with one attached hydrogen (secondary N) is 2. The van der Waals surface area contributed by atoms with E-state index in [2.05, 4.69) is 15.0 Å². The molecule has 1 aromatic heterocycles. The highest BCUT2D eigenvalue weighted by molar-refractivity contribution is 7.89. The van der Waals surface area contributed by atoms with Crippen molar-refractivity contribution in [2.75, 3.05) is 18.5 Å². The molecule has 1 amide bonds. The minimum absolute atomic E-state index is 0.0222. The number of carbonyl (C=O) groups excluding carboxylic acids is 1. The Morgan fingerprint density at radius 2 is 1.88 bits per heavy atom. The van der Waals surface area contributed by atoms with E-state index in [1.807, 2.05) is 18.2 Å². The van der Waals surface area contributed by atoms with Crippen LogP contribution in [0.3, 0.4) is 0 Å². The van der Waals surface area contributed by atoms with Crippen LogP contribution in [0.15, 0.2) is 76.0 Å². The quantitative estimate of drug-likeness (QED) is 0.358. The fourth-order valence-corrected chi connectivity index (χ4v) is 4.35. The minimum atomic E-state index is -3.88. The number of anilines is 1. The highest BCUT2D eigenvalue weighted by Gasteiger charge is 2.19. The van der Waals surface area contributed by atoms with E-state index in [1.54, 1.807) is 37.3 Å². The Kier molecular flexibility index (Phi) is 6.64. The van der Waals surface area contributed by atoms with Crippen LogP contribution in [0.4, 0.5) is 5.69 Å². The van der Waals surface area contributed by atoms with Crippen molar-refractivity contribution in [1.82, 2.24) is 9.71 Å². The predicted octanol–water partition coefficient (Wildman–Crippen LogP) is 4.40. The Hall–Kier alpha value is -3.40. The number of sulfonamides is 1. The van der Waals surface area contributed by atoms with Gasteiger partial charge in [-0.1, -0.05) is 29.8 Å². The number of aryl methyl sites for hydroxylation is 1. The number of rotatable bonds is 8. The van der Waals surface area contributed by atoms with Crippen LogP contribution < -0.4 is 14.8 Å². The Labute approximate surface area is 195 Å². The van der Waals surface area contributed by atoms with E-state index in [9.17, 15) is 13.2 Å². The summed E-state index contributed by atoms with van der Waals surface area (Å²) in [6.07, 6.45) is 0. The summed E-state index contributed by atoms with van der Waals surface area (Å²) >= 11 is 6.18. The Morgan fingerprint density at radius 3 is 2.67 bits per heavy atom. The molecule has 0 aliphatic heterocycles. The van der Waals surface area contributed by atoms with Crippen molar-refractivity contribution in [3.05, 3.63) is 83.2 Å². The topological polar surface area (TPSA) is 111 Å². The van der Waals surface area contributed by atoms with E-state index >= 15 is 0 Å². The lowest BCUT2D eigenvalue weighted by molar-refractivity contribution is 0.102. The zero-order valence-corrected chi connectivity index (χ0v) is 19.1. The molecular formula is C23H20ClN3O5S. The third-order valence-electron chi connectivity index (χ3n) is 4.65. The number of para-hydroxylation sites is 1. The molecule has 10 heteroatoms. The van der Waals surface area contributed by atoms with Gasteiger partial charge in [0, 0.05) is 25.2 Å². The number of hydrogen-bond acceptors (Lipinski definition) is 6. The first kappa shape index (κ1) is 22.8. The largest absolute Gasteiger partial charge is 0.492 e. The first-order chi connectivity index (χ1) is 15.8. The minimum Gasteiger partial charge on any atom is -0.492 e. The maximum atomic E-state index is 12.8. The molecule has 2 N–H and O–H groups in total. The van der Waals surface area contributed by atoms with Crippen LogP contribution in [0.1, 0.15) is 16.2 Å². The van der Waals surface area contributed by atoms with E-state index in [0.717, 1.165) is 0 Å². The van der Waals surface area contributed by atoms with Gasteiger partial charge in [0.15, 0.2) is 11.5 Å². The van der Waals surface area contributed by atoms with E-state index in [4.69, 9.17) is 20.8 Å². The number of hydrogen-bond donors (Lipinski definition) is 2. The van der Waals surface area contributed by atoms with Crippen molar-refractivity contribution < 1.29 is 22.4 Å². The van der Waals surface area contributed by atoms with Gasteiger partial charge in [-0.25, -0.2) is 18.1 Å². The van der Waals surface area contributed by atoms with Gasteiger partial charge in [-0.05, 0) is 42.5 Å². The molecule has 0 radical (unpaired) electrons. The van der Waals surface area contributed by atoms with E-state index in [-0.39, 0.29) is 28.6 Å². The molecule has 0 bridgehead atoms. The molecule has 4 rings (SSSR count). The van der Waals surface area contributed by atoms with Gasteiger partial charge in [-0.15, -0.1) is 0 Å². The molecule has 0 aliphatic carbocycles. The summed E-state index contributed by atoms with van der Waals surface area (Å²) in [6, 6.07) is 18.0. The third-order valence-corrected chi connectivity index (χ3v) is 6.44. The zero-order valence-electron chi connectivity index (χ0n) is 17.5. The molecule has 0 unspecified atom stereocenters. The second kappa shape index (κ2) is 9.62. The lowest BCUT2D eigenvalue weighted by Gasteiger charge is -2.11. The second-order valence-corrected chi connectivity index (χ2v) is 9.24. The number of oxazole rings is 1. The Morgan fingerprint density at radius 1 is 1.09 bits per heavy atom. The molecule has 8 nitrogen and oxygen atoms in total. The molecule has 4 aromatic rings. The number of amides is 1.